The lowest BCUT2D eigenvalue weighted by Gasteiger charge is -2.05. The van der Waals surface area contributed by atoms with E-state index in [2.05, 4.69) is 5.32 Å². The molecule has 1 heterocycles. The number of aromatic hydroxyl groups is 1. The molecule has 3 rings (SSSR count). The number of benzene rings is 1. The van der Waals surface area contributed by atoms with Crippen molar-refractivity contribution in [3.05, 3.63) is 23.8 Å². The molecule has 0 saturated heterocycles. The minimum absolute atomic E-state index is 0.0150. The van der Waals surface area contributed by atoms with Crippen molar-refractivity contribution in [1.82, 2.24) is 0 Å². The summed E-state index contributed by atoms with van der Waals surface area (Å²) in [5.41, 5.74) is 0.0149. The number of anilines is 1. The third kappa shape index (κ3) is 0.856. The largest absolute Gasteiger partial charge is 0.506 e. The van der Waals surface area contributed by atoms with Crippen LogP contribution in [0.4, 0.5) is 5.69 Å². The van der Waals surface area contributed by atoms with Crippen LogP contribution in [0.15, 0.2) is 18.2 Å². The molecule has 2 unspecified atom stereocenters. The van der Waals surface area contributed by atoms with Crippen LogP contribution in [-0.4, -0.2) is 22.1 Å². The van der Waals surface area contributed by atoms with Crippen LogP contribution >= 0.6 is 0 Å². The van der Waals surface area contributed by atoms with Gasteiger partial charge in [0.15, 0.2) is 0 Å². The Bertz CT molecular complexity index is 525. The maximum absolute atomic E-state index is 11.8. The van der Waals surface area contributed by atoms with Gasteiger partial charge in [0, 0.05) is 0 Å². The average Bonchev–Trinajstić information content (AvgIpc) is 2.90. The summed E-state index contributed by atoms with van der Waals surface area (Å²) in [4.78, 5) is 22.7. The number of para-hydroxylation sites is 1. The van der Waals surface area contributed by atoms with Crippen molar-refractivity contribution >= 4 is 17.6 Å². The highest BCUT2D eigenvalue weighted by atomic mass is 16.4. The lowest BCUT2D eigenvalue weighted by atomic mass is 9.94. The van der Waals surface area contributed by atoms with Gasteiger partial charge >= 0.3 is 5.97 Å². The second-order valence-electron chi connectivity index (χ2n) is 4.22. The number of nitrogens with one attached hydrogen (secondary N) is 1. The highest BCUT2D eigenvalue weighted by Crippen LogP contribution is 2.61. The number of hydrogen-bond donors (Lipinski definition) is 3. The Morgan fingerprint density at radius 2 is 2.25 bits per heavy atom. The van der Waals surface area contributed by atoms with Crippen LogP contribution < -0.4 is 5.32 Å². The molecule has 1 amide bonds. The number of phenolic OH excluding ortho intramolecular Hbond substituents is 1. The van der Waals surface area contributed by atoms with Crippen LogP contribution in [0, 0.1) is 5.92 Å². The van der Waals surface area contributed by atoms with E-state index in [0.29, 0.717) is 17.7 Å². The first kappa shape index (κ1) is 9.21. The van der Waals surface area contributed by atoms with Crippen LogP contribution in [0.3, 0.4) is 0 Å². The monoisotopic (exact) mass is 219 g/mol. The number of phenols is 1. The Balaban J connectivity index is 2.16. The van der Waals surface area contributed by atoms with Gasteiger partial charge in [0.05, 0.1) is 17.0 Å². The smallest absolute Gasteiger partial charge is 0.307 e. The summed E-state index contributed by atoms with van der Waals surface area (Å²) in [6.45, 7) is 0. The second-order valence-corrected chi connectivity index (χ2v) is 4.22. The van der Waals surface area contributed by atoms with E-state index in [0.717, 1.165) is 0 Å². The van der Waals surface area contributed by atoms with Gasteiger partial charge < -0.3 is 15.5 Å². The predicted molar refractivity (Wildman–Crippen MR) is 54.2 cm³/mol. The fourth-order valence-electron chi connectivity index (χ4n) is 2.50. The van der Waals surface area contributed by atoms with Crippen molar-refractivity contribution in [2.24, 2.45) is 5.92 Å². The number of carbonyl (C=O) groups excluding carboxylic acids is 1. The minimum atomic E-state index is -0.966. The van der Waals surface area contributed by atoms with E-state index < -0.39 is 17.3 Å². The van der Waals surface area contributed by atoms with Gasteiger partial charge in [0.1, 0.15) is 5.75 Å². The Kier molecular flexibility index (Phi) is 1.47. The molecule has 0 radical (unpaired) electrons. The van der Waals surface area contributed by atoms with Gasteiger partial charge in [-0.1, -0.05) is 12.1 Å². The van der Waals surface area contributed by atoms with Gasteiger partial charge in [0.2, 0.25) is 5.91 Å². The zero-order valence-corrected chi connectivity index (χ0v) is 8.23. The van der Waals surface area contributed by atoms with Gasteiger partial charge in [-0.25, -0.2) is 0 Å². The van der Waals surface area contributed by atoms with Gasteiger partial charge in [-0.2, -0.15) is 0 Å². The van der Waals surface area contributed by atoms with Crippen molar-refractivity contribution in [2.45, 2.75) is 11.8 Å². The van der Waals surface area contributed by atoms with E-state index in [4.69, 9.17) is 5.11 Å². The number of rotatable bonds is 1. The topological polar surface area (TPSA) is 86.6 Å². The normalized spacial score (nSPS) is 30.0. The number of aliphatic carboxylic acids is 1. The standard InChI is InChI=1S/C11H9NO4/c13-7-3-1-2-5-8(7)12-10(16)11(5)4-6(11)9(14)15/h1-3,6,13H,4H2,(H,12,16)(H,14,15). The molecule has 1 fully saturated rings. The van der Waals surface area contributed by atoms with Crippen molar-refractivity contribution in [2.75, 3.05) is 5.32 Å². The van der Waals surface area contributed by atoms with Gasteiger partial charge in [-0.3, -0.25) is 9.59 Å². The first-order chi connectivity index (χ1) is 7.57. The van der Waals surface area contributed by atoms with E-state index in [-0.39, 0.29) is 11.7 Å². The number of fused-ring (bicyclic) bond motifs is 2. The summed E-state index contributed by atoms with van der Waals surface area (Å²) in [6, 6.07) is 4.78. The third-order valence-corrected chi connectivity index (χ3v) is 3.43. The van der Waals surface area contributed by atoms with Gasteiger partial charge in [-0.05, 0) is 18.1 Å². The Morgan fingerprint density at radius 1 is 1.50 bits per heavy atom. The molecule has 1 spiro atoms. The van der Waals surface area contributed by atoms with Crippen LogP contribution in [0.1, 0.15) is 12.0 Å². The van der Waals surface area contributed by atoms with E-state index >= 15 is 0 Å². The first-order valence-corrected chi connectivity index (χ1v) is 4.94. The Labute approximate surface area is 90.7 Å². The van der Waals surface area contributed by atoms with Crippen molar-refractivity contribution in [3.8, 4) is 5.75 Å². The highest BCUT2D eigenvalue weighted by Gasteiger charge is 2.68. The summed E-state index contributed by atoms with van der Waals surface area (Å²) in [6.07, 6.45) is 0.310. The van der Waals surface area contributed by atoms with Crippen LogP contribution in [-0.2, 0) is 15.0 Å². The zero-order valence-electron chi connectivity index (χ0n) is 8.23. The lowest BCUT2D eigenvalue weighted by molar-refractivity contribution is -0.140. The van der Waals surface area contributed by atoms with Crippen molar-refractivity contribution < 1.29 is 19.8 Å². The molecule has 1 aromatic carbocycles. The fourth-order valence-corrected chi connectivity index (χ4v) is 2.50. The quantitative estimate of drug-likeness (QED) is 0.606. The number of carbonyl (C=O) groups is 2. The van der Waals surface area contributed by atoms with Crippen molar-refractivity contribution in [3.63, 3.8) is 0 Å². The number of carboxylic acids is 1. The molecule has 1 aliphatic carbocycles. The molecule has 1 aliphatic heterocycles. The summed E-state index contributed by atoms with van der Waals surface area (Å²) < 4.78 is 0. The van der Waals surface area contributed by atoms with E-state index in [1.807, 2.05) is 0 Å². The number of amides is 1. The second kappa shape index (κ2) is 2.55. The summed E-state index contributed by atoms with van der Waals surface area (Å²) in [7, 11) is 0. The molecule has 2 atom stereocenters. The average molecular weight is 219 g/mol. The van der Waals surface area contributed by atoms with E-state index in [1.165, 1.54) is 6.07 Å². The molecule has 1 aromatic rings. The zero-order chi connectivity index (χ0) is 11.5. The molecule has 1 saturated carbocycles. The third-order valence-electron chi connectivity index (χ3n) is 3.43. The molecule has 82 valence electrons. The number of hydrogen-bond acceptors (Lipinski definition) is 3. The molecule has 0 bridgehead atoms. The summed E-state index contributed by atoms with van der Waals surface area (Å²) >= 11 is 0. The minimum Gasteiger partial charge on any atom is -0.506 e. The Hall–Kier alpha value is -2.04. The van der Waals surface area contributed by atoms with Crippen molar-refractivity contribution in [1.29, 1.82) is 0 Å². The molecule has 2 aliphatic rings. The predicted octanol–water partition coefficient (Wildman–Crippen LogP) is 0.687. The molecular formula is C11H9NO4. The van der Waals surface area contributed by atoms with Gasteiger partial charge in [-0.15, -0.1) is 0 Å². The molecule has 16 heavy (non-hydrogen) atoms. The van der Waals surface area contributed by atoms with E-state index in [9.17, 15) is 14.7 Å². The first-order valence-electron chi connectivity index (χ1n) is 4.94. The Morgan fingerprint density at radius 3 is 2.88 bits per heavy atom. The summed E-state index contributed by atoms with van der Waals surface area (Å²) in [5.74, 6) is -1.97. The highest BCUT2D eigenvalue weighted by molar-refractivity contribution is 6.13. The van der Waals surface area contributed by atoms with Crippen LogP contribution in [0.2, 0.25) is 0 Å². The molecular weight excluding hydrogens is 210 g/mol. The molecule has 5 heteroatoms. The lowest BCUT2D eigenvalue weighted by Crippen LogP contribution is -2.24. The van der Waals surface area contributed by atoms with Gasteiger partial charge in [0.25, 0.3) is 0 Å². The molecule has 0 aromatic heterocycles. The molecule has 3 N–H and O–H groups in total. The maximum atomic E-state index is 11.8. The molecule has 5 nitrogen and oxygen atoms in total. The summed E-state index contributed by atoms with van der Waals surface area (Å²) in [5, 5.41) is 21.1. The fraction of sp³-hybridized carbons (Fsp3) is 0.273. The van der Waals surface area contributed by atoms with E-state index in [1.54, 1.807) is 12.1 Å². The maximum Gasteiger partial charge on any atom is 0.307 e. The van der Waals surface area contributed by atoms with Crippen LogP contribution in [0.25, 0.3) is 0 Å². The SMILES string of the molecule is O=C(O)C1CC12C(=O)Nc1c(O)cccc12. The van der Waals surface area contributed by atoms with Crippen LogP contribution in [0.5, 0.6) is 5.75 Å². The number of carboxylic acid groups (broad SMARTS) is 1.